The Morgan fingerprint density at radius 3 is 2.07 bits per heavy atom. The van der Waals surface area contributed by atoms with E-state index in [1.165, 1.54) is 0 Å². The molecule has 0 fully saturated rings. The zero-order valence-corrected chi connectivity index (χ0v) is 17.7. The van der Waals surface area contributed by atoms with E-state index in [0.717, 1.165) is 44.9 Å². The van der Waals surface area contributed by atoms with Crippen molar-refractivity contribution < 1.29 is 33.8 Å². The number of esters is 1. The van der Waals surface area contributed by atoms with Gasteiger partial charge in [0.05, 0.1) is 21.1 Å². The second-order valence-corrected chi connectivity index (χ2v) is 8.22. The number of aliphatic carboxylic acids is 2. The van der Waals surface area contributed by atoms with Crippen LogP contribution >= 0.6 is 0 Å². The lowest BCUT2D eigenvalue weighted by atomic mass is 10.1. The highest BCUT2D eigenvalue weighted by Crippen LogP contribution is 2.10. The molecule has 1 N–H and O–H groups in total. The van der Waals surface area contributed by atoms with Crippen LogP contribution in [-0.4, -0.2) is 61.3 Å². The maximum absolute atomic E-state index is 11.9. The molecule has 1 atom stereocenters. The second-order valence-electron chi connectivity index (χ2n) is 8.22. The van der Waals surface area contributed by atoms with Gasteiger partial charge < -0.3 is 24.2 Å². The average molecular weight is 400 g/mol. The molecule has 0 spiro atoms. The summed E-state index contributed by atoms with van der Waals surface area (Å²) in [4.78, 5) is 33.1. The Labute approximate surface area is 169 Å². The van der Waals surface area contributed by atoms with Crippen molar-refractivity contribution in [2.45, 2.75) is 76.7 Å². The molecule has 0 rings (SSSR count). The zero-order valence-electron chi connectivity index (χ0n) is 17.7. The molecule has 28 heavy (non-hydrogen) atoms. The van der Waals surface area contributed by atoms with Gasteiger partial charge in [-0.3, -0.25) is 9.59 Å². The molecule has 7 nitrogen and oxygen atoms in total. The van der Waals surface area contributed by atoms with E-state index in [2.05, 4.69) is 6.08 Å². The molecule has 0 aliphatic rings. The molecule has 0 aromatic rings. The van der Waals surface area contributed by atoms with Crippen molar-refractivity contribution in [3.63, 3.8) is 0 Å². The number of carboxylic acids is 2. The van der Waals surface area contributed by atoms with Crippen molar-refractivity contribution in [3.8, 4) is 0 Å². The molecule has 0 aromatic carbocycles. The maximum Gasteiger partial charge on any atom is 0.306 e. The van der Waals surface area contributed by atoms with Gasteiger partial charge in [-0.15, -0.1) is 0 Å². The predicted octanol–water partition coefficient (Wildman–Crippen LogP) is 2.29. The van der Waals surface area contributed by atoms with E-state index in [4.69, 9.17) is 9.84 Å². The molecule has 0 saturated carbocycles. The van der Waals surface area contributed by atoms with Gasteiger partial charge >= 0.3 is 11.9 Å². The third kappa shape index (κ3) is 18.9. The highest BCUT2D eigenvalue weighted by atomic mass is 16.5. The highest BCUT2D eigenvalue weighted by molar-refractivity contribution is 5.71. The van der Waals surface area contributed by atoms with E-state index in [0.29, 0.717) is 17.4 Å². The number of allylic oxidation sites excluding steroid dienone is 2. The van der Waals surface area contributed by atoms with Crippen LogP contribution in [0.25, 0.3) is 0 Å². The second kappa shape index (κ2) is 15.1. The van der Waals surface area contributed by atoms with Gasteiger partial charge in [0.15, 0.2) is 6.10 Å². The topological polar surface area (TPSA) is 104 Å². The van der Waals surface area contributed by atoms with Gasteiger partial charge in [-0.2, -0.15) is 0 Å². The van der Waals surface area contributed by atoms with E-state index in [9.17, 15) is 19.5 Å². The molecule has 0 aliphatic carbocycles. The number of quaternary nitrogens is 1. The third-order valence-corrected chi connectivity index (χ3v) is 4.14. The van der Waals surface area contributed by atoms with E-state index >= 15 is 0 Å². The Bertz CT molecular complexity index is 496. The number of carbonyl (C=O) groups is 3. The van der Waals surface area contributed by atoms with Crippen molar-refractivity contribution in [2.24, 2.45) is 0 Å². The van der Waals surface area contributed by atoms with Gasteiger partial charge in [0.1, 0.15) is 6.54 Å². The third-order valence-electron chi connectivity index (χ3n) is 4.14. The van der Waals surface area contributed by atoms with Crippen LogP contribution < -0.4 is 5.11 Å². The van der Waals surface area contributed by atoms with Crippen molar-refractivity contribution >= 4 is 17.9 Å². The van der Waals surface area contributed by atoms with Crippen LogP contribution in [0.4, 0.5) is 0 Å². The lowest BCUT2D eigenvalue weighted by molar-refractivity contribution is -0.873. The smallest absolute Gasteiger partial charge is 0.306 e. The molecule has 0 heterocycles. The van der Waals surface area contributed by atoms with E-state index < -0.39 is 18.0 Å². The Morgan fingerprint density at radius 1 is 0.929 bits per heavy atom. The van der Waals surface area contributed by atoms with E-state index in [-0.39, 0.29) is 25.2 Å². The normalized spacial score (nSPS) is 12.8. The number of rotatable bonds is 17. The number of carbonyl (C=O) groups excluding carboxylic acids is 2. The maximum atomic E-state index is 11.9. The first kappa shape index (κ1) is 26.1. The van der Waals surface area contributed by atoms with Gasteiger partial charge in [-0.05, 0) is 25.7 Å². The van der Waals surface area contributed by atoms with Crippen LogP contribution in [0.15, 0.2) is 12.2 Å². The molecule has 0 radical (unpaired) electrons. The summed E-state index contributed by atoms with van der Waals surface area (Å²) in [6.45, 7) is 0.422. The minimum Gasteiger partial charge on any atom is -0.550 e. The van der Waals surface area contributed by atoms with Crippen LogP contribution in [0.5, 0.6) is 0 Å². The first-order valence-corrected chi connectivity index (χ1v) is 10.2. The van der Waals surface area contributed by atoms with Gasteiger partial charge in [0.2, 0.25) is 0 Å². The fraction of sp³-hybridized carbons (Fsp3) is 0.762. The quantitative estimate of drug-likeness (QED) is 0.174. The van der Waals surface area contributed by atoms with Gasteiger partial charge in [-0.1, -0.05) is 37.8 Å². The predicted molar refractivity (Wildman–Crippen MR) is 105 cm³/mol. The fourth-order valence-corrected chi connectivity index (χ4v) is 2.87. The number of likely N-dealkylation sites (N-methyl/N-ethyl adjacent to an activating group) is 1. The van der Waals surface area contributed by atoms with Crippen LogP contribution in [0, 0.1) is 0 Å². The highest BCUT2D eigenvalue weighted by Gasteiger charge is 2.22. The average Bonchev–Trinajstić information content (AvgIpc) is 2.53. The van der Waals surface area contributed by atoms with E-state index in [1.807, 2.05) is 27.2 Å². The summed E-state index contributed by atoms with van der Waals surface area (Å²) in [6, 6.07) is 0. The SMILES string of the molecule is C[N+](C)(C)CC(CC(=O)[O-])OC(=O)CC/C=C/CCCCCCCCC(=O)O. The molecule has 0 aromatic heterocycles. The fourth-order valence-electron chi connectivity index (χ4n) is 2.87. The molecule has 0 bridgehead atoms. The number of ether oxygens (including phenoxy) is 1. The Balaban J connectivity index is 3.80. The molecule has 0 amide bonds. The van der Waals surface area contributed by atoms with Crippen molar-refractivity contribution in [2.75, 3.05) is 27.7 Å². The van der Waals surface area contributed by atoms with Gasteiger partial charge in [-0.25, -0.2) is 0 Å². The summed E-state index contributed by atoms with van der Waals surface area (Å²) in [5.41, 5.74) is 0. The van der Waals surface area contributed by atoms with E-state index in [1.54, 1.807) is 0 Å². The molecule has 1 unspecified atom stereocenters. The first-order chi connectivity index (χ1) is 13.1. The molecule has 0 saturated heterocycles. The van der Waals surface area contributed by atoms with Crippen molar-refractivity contribution in [1.82, 2.24) is 0 Å². The van der Waals surface area contributed by atoms with Gasteiger partial charge in [0, 0.05) is 25.2 Å². The summed E-state index contributed by atoms with van der Waals surface area (Å²) in [6.07, 6.45) is 11.2. The number of unbranched alkanes of at least 4 members (excludes halogenated alkanes) is 6. The lowest BCUT2D eigenvalue weighted by Crippen LogP contribution is -2.45. The van der Waals surface area contributed by atoms with Gasteiger partial charge in [0.25, 0.3) is 0 Å². The standard InChI is InChI=1S/C21H37NO6/c1-22(2,3)17-18(16-20(25)26)28-21(27)15-13-11-9-7-5-4-6-8-10-12-14-19(23)24/h9,11,18H,4-8,10,12-17H2,1-3H3,(H-,23,24,25,26)/b11-9+. The number of hydrogen-bond donors (Lipinski definition) is 1. The molecule has 7 heteroatoms. The summed E-state index contributed by atoms with van der Waals surface area (Å²) in [5.74, 6) is -2.32. The number of nitrogens with zero attached hydrogens (tertiary/aromatic N) is 1. The molecule has 162 valence electrons. The van der Waals surface area contributed by atoms with Crippen molar-refractivity contribution in [3.05, 3.63) is 12.2 Å². The molecular weight excluding hydrogens is 362 g/mol. The summed E-state index contributed by atoms with van der Waals surface area (Å²) in [7, 11) is 5.73. The minimum atomic E-state index is -1.21. The summed E-state index contributed by atoms with van der Waals surface area (Å²) < 4.78 is 5.80. The zero-order chi connectivity index (χ0) is 21.4. The van der Waals surface area contributed by atoms with Crippen LogP contribution in [0.3, 0.4) is 0 Å². The number of carboxylic acid groups (broad SMARTS) is 2. The van der Waals surface area contributed by atoms with Crippen LogP contribution in [0.1, 0.15) is 70.6 Å². The van der Waals surface area contributed by atoms with Crippen LogP contribution in [0.2, 0.25) is 0 Å². The Kier molecular flexibility index (Phi) is 14.1. The summed E-state index contributed by atoms with van der Waals surface area (Å²) in [5, 5.41) is 19.4. The number of hydrogen-bond acceptors (Lipinski definition) is 5. The summed E-state index contributed by atoms with van der Waals surface area (Å²) >= 11 is 0. The first-order valence-electron chi connectivity index (χ1n) is 10.2. The minimum absolute atomic E-state index is 0.237. The lowest BCUT2D eigenvalue weighted by Gasteiger charge is -2.29. The largest absolute Gasteiger partial charge is 0.550 e. The Morgan fingerprint density at radius 2 is 1.50 bits per heavy atom. The Hall–Kier alpha value is -1.89. The van der Waals surface area contributed by atoms with Crippen molar-refractivity contribution in [1.29, 1.82) is 0 Å². The molecular formula is C21H37NO6. The molecule has 0 aliphatic heterocycles. The van der Waals surface area contributed by atoms with Crippen LogP contribution in [-0.2, 0) is 19.1 Å². The monoisotopic (exact) mass is 399 g/mol.